The van der Waals surface area contributed by atoms with Gasteiger partial charge in [0.15, 0.2) is 5.13 Å². The molecule has 1 amide bonds. The van der Waals surface area contributed by atoms with Crippen molar-refractivity contribution in [1.82, 2.24) is 10.3 Å². The molecule has 2 unspecified atom stereocenters. The molecule has 1 aliphatic carbocycles. The van der Waals surface area contributed by atoms with E-state index in [1.807, 2.05) is 0 Å². The third-order valence-electron chi connectivity index (χ3n) is 3.85. The number of anilines is 1. The highest BCUT2D eigenvalue weighted by Crippen LogP contribution is 2.29. The molecule has 0 saturated heterocycles. The first-order chi connectivity index (χ1) is 9.11. The SMILES string of the molecule is Cc1nc(N)sc1C(=O)NCC1CCCCC1CO. The Morgan fingerprint density at radius 3 is 2.74 bits per heavy atom. The van der Waals surface area contributed by atoms with Crippen LogP contribution in [0.25, 0.3) is 0 Å². The third kappa shape index (κ3) is 3.45. The summed E-state index contributed by atoms with van der Waals surface area (Å²) in [6, 6.07) is 0. The van der Waals surface area contributed by atoms with Crippen molar-refractivity contribution >= 4 is 22.4 Å². The summed E-state index contributed by atoms with van der Waals surface area (Å²) in [5, 5.41) is 12.7. The lowest BCUT2D eigenvalue weighted by atomic mass is 9.79. The smallest absolute Gasteiger partial charge is 0.263 e. The largest absolute Gasteiger partial charge is 0.396 e. The third-order valence-corrected chi connectivity index (χ3v) is 4.83. The molecule has 4 N–H and O–H groups in total. The highest BCUT2D eigenvalue weighted by molar-refractivity contribution is 7.17. The summed E-state index contributed by atoms with van der Waals surface area (Å²) in [7, 11) is 0. The molecular formula is C13H21N3O2S. The number of rotatable bonds is 4. The minimum atomic E-state index is -0.103. The van der Waals surface area contributed by atoms with Gasteiger partial charge < -0.3 is 16.2 Å². The van der Waals surface area contributed by atoms with Crippen LogP contribution >= 0.6 is 11.3 Å². The van der Waals surface area contributed by atoms with E-state index in [0.717, 1.165) is 12.8 Å². The number of nitrogens with one attached hydrogen (secondary N) is 1. The lowest BCUT2D eigenvalue weighted by molar-refractivity contribution is 0.0912. The number of thiazole rings is 1. The summed E-state index contributed by atoms with van der Waals surface area (Å²) in [5.41, 5.74) is 6.28. The number of amides is 1. The highest BCUT2D eigenvalue weighted by Gasteiger charge is 2.25. The Bertz CT molecular complexity index is 447. The van der Waals surface area contributed by atoms with Gasteiger partial charge in [-0.3, -0.25) is 4.79 Å². The van der Waals surface area contributed by atoms with E-state index in [9.17, 15) is 9.90 Å². The molecule has 2 atom stereocenters. The van der Waals surface area contributed by atoms with Crippen LogP contribution in [0.3, 0.4) is 0 Å². The van der Waals surface area contributed by atoms with Gasteiger partial charge in [0.25, 0.3) is 5.91 Å². The van der Waals surface area contributed by atoms with Crippen LogP contribution in [-0.4, -0.2) is 29.1 Å². The highest BCUT2D eigenvalue weighted by atomic mass is 32.1. The molecule has 1 aromatic rings. The van der Waals surface area contributed by atoms with Crippen LogP contribution in [0.15, 0.2) is 0 Å². The maximum Gasteiger partial charge on any atom is 0.263 e. The molecule has 1 aromatic heterocycles. The van der Waals surface area contributed by atoms with E-state index < -0.39 is 0 Å². The molecule has 0 spiro atoms. The van der Waals surface area contributed by atoms with Crippen molar-refractivity contribution in [1.29, 1.82) is 0 Å². The van der Waals surface area contributed by atoms with E-state index in [1.165, 1.54) is 24.2 Å². The minimum absolute atomic E-state index is 0.103. The monoisotopic (exact) mass is 283 g/mol. The second-order valence-electron chi connectivity index (χ2n) is 5.16. The number of aliphatic hydroxyl groups excluding tert-OH is 1. The van der Waals surface area contributed by atoms with Crippen molar-refractivity contribution < 1.29 is 9.90 Å². The summed E-state index contributed by atoms with van der Waals surface area (Å²) >= 11 is 1.22. The molecule has 1 heterocycles. The zero-order chi connectivity index (χ0) is 13.8. The Balaban J connectivity index is 1.91. The first-order valence-electron chi connectivity index (χ1n) is 6.73. The van der Waals surface area contributed by atoms with Crippen molar-refractivity contribution in [3.63, 3.8) is 0 Å². The molecule has 0 aromatic carbocycles. The molecule has 19 heavy (non-hydrogen) atoms. The predicted octanol–water partition coefficient (Wildman–Crippen LogP) is 1.56. The Morgan fingerprint density at radius 1 is 1.47 bits per heavy atom. The van der Waals surface area contributed by atoms with Gasteiger partial charge in [0.05, 0.1) is 5.69 Å². The number of aliphatic hydroxyl groups is 1. The zero-order valence-corrected chi connectivity index (χ0v) is 12.0. The first kappa shape index (κ1) is 14.3. The van der Waals surface area contributed by atoms with Gasteiger partial charge in [-0.15, -0.1) is 0 Å². The molecule has 0 aliphatic heterocycles. The molecule has 6 heteroatoms. The molecule has 0 radical (unpaired) electrons. The second kappa shape index (κ2) is 6.34. The number of aryl methyl sites for hydroxylation is 1. The minimum Gasteiger partial charge on any atom is -0.396 e. The van der Waals surface area contributed by atoms with E-state index in [0.29, 0.717) is 34.1 Å². The number of hydrogen-bond donors (Lipinski definition) is 3. The van der Waals surface area contributed by atoms with Gasteiger partial charge >= 0.3 is 0 Å². The lowest BCUT2D eigenvalue weighted by Crippen LogP contribution is -2.35. The zero-order valence-electron chi connectivity index (χ0n) is 11.2. The Labute approximate surface area is 117 Å². The summed E-state index contributed by atoms with van der Waals surface area (Å²) < 4.78 is 0. The van der Waals surface area contributed by atoms with Gasteiger partial charge in [-0.05, 0) is 31.6 Å². The average molecular weight is 283 g/mol. The Kier molecular flexibility index (Phi) is 4.76. The van der Waals surface area contributed by atoms with Crippen molar-refractivity contribution in [2.24, 2.45) is 11.8 Å². The number of nitrogens with two attached hydrogens (primary N) is 1. The Morgan fingerprint density at radius 2 is 2.16 bits per heavy atom. The molecule has 5 nitrogen and oxygen atoms in total. The standard InChI is InChI=1S/C13H21N3O2S/c1-8-11(19-13(14)16-8)12(18)15-6-9-4-2-3-5-10(9)7-17/h9-10,17H,2-7H2,1H3,(H2,14,16)(H,15,18). The van der Waals surface area contributed by atoms with E-state index >= 15 is 0 Å². The normalized spacial score (nSPS) is 23.3. The maximum atomic E-state index is 12.1. The van der Waals surface area contributed by atoms with Crippen molar-refractivity contribution in [3.8, 4) is 0 Å². The summed E-state index contributed by atoms with van der Waals surface area (Å²) in [6.07, 6.45) is 4.50. The van der Waals surface area contributed by atoms with Crippen molar-refractivity contribution in [2.75, 3.05) is 18.9 Å². The van der Waals surface area contributed by atoms with Crippen LogP contribution in [0.4, 0.5) is 5.13 Å². The quantitative estimate of drug-likeness (QED) is 0.782. The fraction of sp³-hybridized carbons (Fsp3) is 0.692. The van der Waals surface area contributed by atoms with Crippen LogP contribution < -0.4 is 11.1 Å². The van der Waals surface area contributed by atoms with Crippen molar-refractivity contribution in [2.45, 2.75) is 32.6 Å². The van der Waals surface area contributed by atoms with Crippen LogP contribution in [0, 0.1) is 18.8 Å². The van der Waals surface area contributed by atoms with Crippen LogP contribution in [0.2, 0.25) is 0 Å². The molecule has 106 valence electrons. The van der Waals surface area contributed by atoms with Crippen molar-refractivity contribution in [3.05, 3.63) is 10.6 Å². The molecule has 0 bridgehead atoms. The van der Waals surface area contributed by atoms with Gasteiger partial charge in [-0.2, -0.15) is 0 Å². The van der Waals surface area contributed by atoms with Crippen LogP contribution in [0.5, 0.6) is 0 Å². The molecular weight excluding hydrogens is 262 g/mol. The van der Waals surface area contributed by atoms with Gasteiger partial charge in [0.2, 0.25) is 0 Å². The number of aromatic nitrogens is 1. The van der Waals surface area contributed by atoms with E-state index in [4.69, 9.17) is 5.73 Å². The maximum absolute atomic E-state index is 12.1. The summed E-state index contributed by atoms with van der Waals surface area (Å²) in [4.78, 5) is 16.7. The lowest BCUT2D eigenvalue weighted by Gasteiger charge is -2.30. The van der Waals surface area contributed by atoms with Crippen LogP contribution in [0.1, 0.15) is 41.0 Å². The average Bonchev–Trinajstić information content (AvgIpc) is 2.75. The van der Waals surface area contributed by atoms with Gasteiger partial charge in [-0.25, -0.2) is 4.98 Å². The number of hydrogen-bond acceptors (Lipinski definition) is 5. The first-order valence-corrected chi connectivity index (χ1v) is 7.55. The van der Waals surface area contributed by atoms with Crippen LogP contribution in [-0.2, 0) is 0 Å². The molecule has 1 saturated carbocycles. The number of carbonyl (C=O) groups is 1. The second-order valence-corrected chi connectivity index (χ2v) is 6.19. The van der Waals surface area contributed by atoms with Gasteiger partial charge in [0.1, 0.15) is 4.88 Å². The molecule has 1 aliphatic rings. The summed E-state index contributed by atoms with van der Waals surface area (Å²) in [5.74, 6) is 0.601. The van der Waals surface area contributed by atoms with E-state index in [1.54, 1.807) is 6.92 Å². The fourth-order valence-electron chi connectivity index (χ4n) is 2.73. The Hall–Kier alpha value is -1.14. The number of nitrogen functional groups attached to an aromatic ring is 1. The van der Waals surface area contributed by atoms with E-state index in [2.05, 4.69) is 10.3 Å². The van der Waals surface area contributed by atoms with Gasteiger partial charge in [0, 0.05) is 13.2 Å². The molecule has 2 rings (SSSR count). The fourth-order valence-corrected chi connectivity index (χ4v) is 3.48. The summed E-state index contributed by atoms with van der Waals surface area (Å²) in [6.45, 7) is 2.63. The van der Waals surface area contributed by atoms with E-state index in [-0.39, 0.29) is 12.5 Å². The number of carbonyl (C=O) groups excluding carboxylic acids is 1. The predicted molar refractivity (Wildman–Crippen MR) is 76.1 cm³/mol. The molecule has 1 fully saturated rings. The topological polar surface area (TPSA) is 88.2 Å². The van der Waals surface area contributed by atoms with Gasteiger partial charge in [-0.1, -0.05) is 24.2 Å². The number of nitrogens with zero attached hydrogens (tertiary/aromatic N) is 1.